The van der Waals surface area contributed by atoms with E-state index in [-0.39, 0.29) is 5.84 Å². The highest BCUT2D eigenvalue weighted by molar-refractivity contribution is 5.94. The first-order valence-electron chi connectivity index (χ1n) is 5.76. The van der Waals surface area contributed by atoms with Crippen LogP contribution >= 0.6 is 0 Å². The molecule has 2 aromatic heterocycles. The lowest BCUT2D eigenvalue weighted by Crippen LogP contribution is -2.11. The fourth-order valence-corrected chi connectivity index (χ4v) is 1.45. The number of rotatable bonds is 5. The van der Waals surface area contributed by atoms with Crippen LogP contribution in [0.1, 0.15) is 12.5 Å². The number of nitrogens with one attached hydrogen (secondary N) is 1. The van der Waals surface area contributed by atoms with Crippen molar-refractivity contribution in [3.8, 4) is 17.4 Å². The van der Waals surface area contributed by atoms with Gasteiger partial charge >= 0.3 is 0 Å². The van der Waals surface area contributed by atoms with Gasteiger partial charge < -0.3 is 15.2 Å². The lowest BCUT2D eigenvalue weighted by atomic mass is 10.2. The zero-order chi connectivity index (χ0) is 13.7. The highest BCUT2D eigenvalue weighted by Crippen LogP contribution is 2.28. The van der Waals surface area contributed by atoms with E-state index >= 15 is 0 Å². The van der Waals surface area contributed by atoms with E-state index in [1.165, 1.54) is 12.4 Å². The number of amidine groups is 1. The molecule has 3 N–H and O–H groups in total. The number of hydrogen-bond donors (Lipinski definition) is 2. The molecule has 0 aromatic carbocycles. The molecule has 6 nitrogen and oxygen atoms in total. The third-order valence-corrected chi connectivity index (χ3v) is 2.27. The average molecular weight is 258 g/mol. The van der Waals surface area contributed by atoms with Crippen molar-refractivity contribution in [3.63, 3.8) is 0 Å². The Morgan fingerprint density at radius 3 is 3.00 bits per heavy atom. The summed E-state index contributed by atoms with van der Waals surface area (Å²) in [6.45, 7) is 2.41. The van der Waals surface area contributed by atoms with Crippen LogP contribution in [0.4, 0.5) is 0 Å². The molecule has 2 rings (SSSR count). The first-order chi connectivity index (χ1) is 9.20. The molecule has 0 bridgehead atoms. The summed E-state index contributed by atoms with van der Waals surface area (Å²) >= 11 is 0. The minimum absolute atomic E-state index is 0.0657. The fourth-order valence-electron chi connectivity index (χ4n) is 1.45. The van der Waals surface area contributed by atoms with Gasteiger partial charge in [-0.15, -0.1) is 0 Å². The SMILES string of the molecule is CCOc1cccnc1Oc1cncc(C(=N)N)c1. The van der Waals surface area contributed by atoms with Gasteiger partial charge in [0.2, 0.25) is 0 Å². The van der Waals surface area contributed by atoms with E-state index in [1.807, 2.05) is 6.92 Å². The molecule has 0 spiro atoms. The highest BCUT2D eigenvalue weighted by atomic mass is 16.5. The molecule has 0 fully saturated rings. The van der Waals surface area contributed by atoms with E-state index in [2.05, 4.69) is 9.97 Å². The molecule has 6 heteroatoms. The van der Waals surface area contributed by atoms with Crippen molar-refractivity contribution in [2.75, 3.05) is 6.61 Å². The van der Waals surface area contributed by atoms with Crippen LogP contribution in [0, 0.1) is 5.41 Å². The van der Waals surface area contributed by atoms with Crippen LogP contribution in [0.15, 0.2) is 36.8 Å². The van der Waals surface area contributed by atoms with Crippen molar-refractivity contribution < 1.29 is 9.47 Å². The standard InChI is InChI=1S/C13H14N4O2/c1-2-18-11-4-3-5-17-13(11)19-10-6-9(12(14)15)7-16-8-10/h3-8H,2H2,1H3,(H3,14,15). The second-order valence-corrected chi connectivity index (χ2v) is 3.66. The molecule has 0 unspecified atom stereocenters. The minimum Gasteiger partial charge on any atom is -0.488 e. The number of nitrogens with two attached hydrogens (primary N) is 1. The van der Waals surface area contributed by atoms with Gasteiger partial charge in [0.15, 0.2) is 5.75 Å². The lowest BCUT2D eigenvalue weighted by molar-refractivity contribution is 0.316. The topological polar surface area (TPSA) is 94.1 Å². The van der Waals surface area contributed by atoms with Crippen molar-refractivity contribution in [1.29, 1.82) is 5.41 Å². The quantitative estimate of drug-likeness (QED) is 0.631. The third-order valence-electron chi connectivity index (χ3n) is 2.27. The Balaban J connectivity index is 2.26. The molecule has 98 valence electrons. The summed E-state index contributed by atoms with van der Waals surface area (Å²) in [4.78, 5) is 8.07. The summed E-state index contributed by atoms with van der Waals surface area (Å²) in [7, 11) is 0. The minimum atomic E-state index is -0.0657. The van der Waals surface area contributed by atoms with Crippen LogP contribution in [-0.4, -0.2) is 22.4 Å². The normalized spacial score (nSPS) is 9.95. The van der Waals surface area contributed by atoms with Gasteiger partial charge in [0.1, 0.15) is 11.6 Å². The Kier molecular flexibility index (Phi) is 3.92. The summed E-state index contributed by atoms with van der Waals surface area (Å²) in [5.41, 5.74) is 5.89. The first-order valence-corrected chi connectivity index (χ1v) is 5.76. The number of hydrogen-bond acceptors (Lipinski definition) is 5. The van der Waals surface area contributed by atoms with Gasteiger partial charge in [0, 0.05) is 18.0 Å². The third kappa shape index (κ3) is 3.19. The number of pyridine rings is 2. The van der Waals surface area contributed by atoms with Crippen LogP contribution in [0.2, 0.25) is 0 Å². The molecule has 0 aliphatic carbocycles. The summed E-state index contributed by atoms with van der Waals surface area (Å²) in [6, 6.07) is 5.16. The van der Waals surface area contributed by atoms with Gasteiger partial charge in [-0.3, -0.25) is 10.4 Å². The molecule has 0 amide bonds. The molecule has 19 heavy (non-hydrogen) atoms. The Morgan fingerprint density at radius 1 is 1.42 bits per heavy atom. The second kappa shape index (κ2) is 5.81. The van der Waals surface area contributed by atoms with Crippen LogP contribution in [0.25, 0.3) is 0 Å². The zero-order valence-corrected chi connectivity index (χ0v) is 10.5. The molecule has 2 aromatic rings. The number of aromatic nitrogens is 2. The first kappa shape index (κ1) is 12.8. The van der Waals surface area contributed by atoms with Crippen LogP contribution in [0.3, 0.4) is 0 Å². The molecule has 0 radical (unpaired) electrons. The van der Waals surface area contributed by atoms with E-state index in [0.717, 1.165) is 0 Å². The van der Waals surface area contributed by atoms with Crippen molar-refractivity contribution >= 4 is 5.84 Å². The van der Waals surface area contributed by atoms with E-state index < -0.39 is 0 Å². The molecule has 0 saturated carbocycles. The second-order valence-electron chi connectivity index (χ2n) is 3.66. The number of nitrogens with zero attached hydrogens (tertiary/aromatic N) is 2. The van der Waals surface area contributed by atoms with Gasteiger partial charge in [-0.2, -0.15) is 0 Å². The molecule has 0 atom stereocenters. The number of nitrogen functional groups attached to an aromatic ring is 1. The van der Waals surface area contributed by atoms with Crippen molar-refractivity contribution in [2.24, 2.45) is 5.73 Å². The van der Waals surface area contributed by atoms with Gasteiger partial charge in [0.05, 0.1) is 12.8 Å². The van der Waals surface area contributed by atoms with Crippen molar-refractivity contribution in [1.82, 2.24) is 9.97 Å². The maximum absolute atomic E-state index is 7.36. The monoisotopic (exact) mass is 258 g/mol. The van der Waals surface area contributed by atoms with E-state index in [4.69, 9.17) is 20.6 Å². The predicted molar refractivity (Wildman–Crippen MR) is 70.7 cm³/mol. The zero-order valence-electron chi connectivity index (χ0n) is 10.5. The Morgan fingerprint density at radius 2 is 2.26 bits per heavy atom. The molecular weight excluding hydrogens is 244 g/mol. The van der Waals surface area contributed by atoms with Crippen LogP contribution < -0.4 is 15.2 Å². The Hall–Kier alpha value is -2.63. The number of ether oxygens (including phenoxy) is 2. The molecule has 0 aliphatic rings. The fraction of sp³-hybridized carbons (Fsp3) is 0.154. The molecule has 0 aliphatic heterocycles. The van der Waals surface area contributed by atoms with Crippen LogP contribution in [0.5, 0.6) is 17.4 Å². The smallest absolute Gasteiger partial charge is 0.262 e. The van der Waals surface area contributed by atoms with Gasteiger partial charge in [-0.1, -0.05) is 0 Å². The van der Waals surface area contributed by atoms with Crippen molar-refractivity contribution in [2.45, 2.75) is 6.92 Å². The Labute approximate surface area is 110 Å². The summed E-state index contributed by atoms with van der Waals surface area (Å²) in [6.07, 6.45) is 4.63. The van der Waals surface area contributed by atoms with Crippen molar-refractivity contribution in [3.05, 3.63) is 42.4 Å². The van der Waals surface area contributed by atoms with Gasteiger partial charge in [-0.25, -0.2) is 4.98 Å². The van der Waals surface area contributed by atoms with E-state index in [1.54, 1.807) is 24.4 Å². The summed E-state index contributed by atoms with van der Waals surface area (Å²) < 4.78 is 11.0. The maximum Gasteiger partial charge on any atom is 0.262 e. The van der Waals surface area contributed by atoms with Gasteiger partial charge in [-0.05, 0) is 25.1 Å². The lowest BCUT2D eigenvalue weighted by Gasteiger charge is -2.10. The summed E-state index contributed by atoms with van der Waals surface area (Å²) in [5.74, 6) is 1.29. The predicted octanol–water partition coefficient (Wildman–Crippen LogP) is 1.95. The molecule has 0 saturated heterocycles. The highest BCUT2D eigenvalue weighted by Gasteiger charge is 2.08. The van der Waals surface area contributed by atoms with Gasteiger partial charge in [0.25, 0.3) is 5.88 Å². The summed E-state index contributed by atoms with van der Waals surface area (Å²) in [5, 5.41) is 7.36. The largest absolute Gasteiger partial charge is 0.488 e. The van der Waals surface area contributed by atoms with E-state index in [9.17, 15) is 0 Å². The maximum atomic E-state index is 7.36. The average Bonchev–Trinajstić information content (AvgIpc) is 2.41. The molecule has 2 heterocycles. The Bertz CT molecular complexity index is 586. The molecular formula is C13H14N4O2. The van der Waals surface area contributed by atoms with E-state index in [0.29, 0.717) is 29.5 Å². The van der Waals surface area contributed by atoms with Crippen LogP contribution in [-0.2, 0) is 0 Å².